The summed E-state index contributed by atoms with van der Waals surface area (Å²) in [7, 11) is 0. The van der Waals surface area contributed by atoms with E-state index >= 15 is 0 Å². The maximum atomic E-state index is 12.8. The number of rotatable bonds is 7. The Labute approximate surface area is 181 Å². The minimum absolute atomic E-state index is 0.00245. The number of alkyl halides is 2. The molecule has 4 rings (SSSR count). The molecule has 7 heteroatoms. The highest BCUT2D eigenvalue weighted by molar-refractivity contribution is 9.12. The van der Waals surface area contributed by atoms with Gasteiger partial charge in [-0.3, -0.25) is 19.3 Å². The number of carbonyl (C=O) groups is 3. The van der Waals surface area contributed by atoms with E-state index in [-0.39, 0.29) is 51.0 Å². The van der Waals surface area contributed by atoms with Crippen LogP contribution in [0.4, 0.5) is 5.69 Å². The minimum Gasteiger partial charge on any atom is -0.326 e. The molecule has 1 aromatic rings. The zero-order valence-electron chi connectivity index (χ0n) is 15.5. The molecule has 150 valence electrons. The van der Waals surface area contributed by atoms with Gasteiger partial charge in [0.2, 0.25) is 17.7 Å². The summed E-state index contributed by atoms with van der Waals surface area (Å²) in [5, 5.41) is 2.87. The SMILES string of the molecule is O=C(CCCCCN1C(=O)[C@@H]2[C@H]3C[C@@H]([C@H](Br)[C@H]3Br)[C@@H]2C1=O)Nc1ccccc1. The van der Waals surface area contributed by atoms with Gasteiger partial charge in [-0.05, 0) is 43.2 Å². The molecule has 6 atom stereocenters. The van der Waals surface area contributed by atoms with E-state index in [4.69, 9.17) is 0 Å². The van der Waals surface area contributed by atoms with Gasteiger partial charge >= 0.3 is 0 Å². The molecule has 0 radical (unpaired) electrons. The molecule has 3 aliphatic rings. The molecule has 1 N–H and O–H groups in total. The van der Waals surface area contributed by atoms with Crippen LogP contribution in [-0.4, -0.2) is 38.8 Å². The number of unbranched alkanes of at least 4 members (excludes halogenated alkanes) is 2. The number of hydrogen-bond acceptors (Lipinski definition) is 3. The Bertz CT molecular complexity index is 740. The van der Waals surface area contributed by atoms with Gasteiger partial charge in [0.25, 0.3) is 0 Å². The quantitative estimate of drug-likeness (QED) is 0.342. The summed E-state index contributed by atoms with van der Waals surface area (Å²) in [6, 6.07) is 9.41. The molecule has 0 aromatic heterocycles. The van der Waals surface area contributed by atoms with Gasteiger partial charge in [-0.2, -0.15) is 0 Å². The van der Waals surface area contributed by atoms with Crippen LogP contribution in [-0.2, 0) is 14.4 Å². The van der Waals surface area contributed by atoms with Crippen molar-refractivity contribution in [3.05, 3.63) is 30.3 Å². The van der Waals surface area contributed by atoms with Gasteiger partial charge in [-0.1, -0.05) is 56.5 Å². The maximum Gasteiger partial charge on any atom is 0.233 e. The van der Waals surface area contributed by atoms with Crippen LogP contribution < -0.4 is 5.32 Å². The molecule has 1 heterocycles. The predicted octanol–water partition coefficient (Wildman–Crippen LogP) is 3.96. The number of anilines is 1. The van der Waals surface area contributed by atoms with Crippen molar-refractivity contribution in [3.8, 4) is 0 Å². The smallest absolute Gasteiger partial charge is 0.233 e. The molecule has 1 aromatic carbocycles. The fourth-order valence-corrected chi connectivity index (χ4v) is 6.98. The van der Waals surface area contributed by atoms with Crippen molar-refractivity contribution in [1.29, 1.82) is 0 Å². The first-order chi connectivity index (χ1) is 13.5. The first-order valence-corrected chi connectivity index (χ1v) is 11.8. The van der Waals surface area contributed by atoms with Crippen LogP contribution in [0.1, 0.15) is 32.1 Å². The van der Waals surface area contributed by atoms with Crippen LogP contribution in [0.15, 0.2) is 30.3 Å². The topological polar surface area (TPSA) is 66.5 Å². The van der Waals surface area contributed by atoms with E-state index in [0.29, 0.717) is 13.0 Å². The predicted molar refractivity (Wildman–Crippen MR) is 114 cm³/mol. The summed E-state index contributed by atoms with van der Waals surface area (Å²) < 4.78 is 0. The largest absolute Gasteiger partial charge is 0.326 e. The second kappa shape index (κ2) is 8.27. The van der Waals surface area contributed by atoms with Gasteiger partial charge in [0.15, 0.2) is 0 Å². The van der Waals surface area contributed by atoms with E-state index < -0.39 is 0 Å². The lowest BCUT2D eigenvalue weighted by molar-refractivity contribution is -0.140. The van der Waals surface area contributed by atoms with Crippen molar-refractivity contribution in [1.82, 2.24) is 4.90 Å². The average molecular weight is 512 g/mol. The van der Waals surface area contributed by atoms with Crippen molar-refractivity contribution in [2.45, 2.75) is 41.8 Å². The molecule has 0 spiro atoms. The molecule has 1 aliphatic heterocycles. The molecule has 1 saturated heterocycles. The molecule has 5 nitrogen and oxygen atoms in total. The Morgan fingerprint density at radius 1 is 0.964 bits per heavy atom. The van der Waals surface area contributed by atoms with Gasteiger partial charge in [-0.25, -0.2) is 0 Å². The van der Waals surface area contributed by atoms with Crippen LogP contribution in [0.5, 0.6) is 0 Å². The van der Waals surface area contributed by atoms with E-state index in [9.17, 15) is 14.4 Å². The summed E-state index contributed by atoms with van der Waals surface area (Å²) >= 11 is 7.42. The number of nitrogens with one attached hydrogen (secondary N) is 1. The maximum absolute atomic E-state index is 12.8. The first-order valence-electron chi connectivity index (χ1n) is 9.97. The van der Waals surface area contributed by atoms with Crippen LogP contribution in [0.3, 0.4) is 0 Å². The van der Waals surface area contributed by atoms with E-state index in [2.05, 4.69) is 37.2 Å². The fourth-order valence-electron chi connectivity index (χ4n) is 5.11. The number of fused-ring (bicyclic) bond motifs is 5. The normalized spacial score (nSPS) is 33.4. The summed E-state index contributed by atoms with van der Waals surface area (Å²) in [6.07, 6.45) is 3.73. The molecule has 2 aliphatic carbocycles. The van der Waals surface area contributed by atoms with Crippen molar-refractivity contribution >= 4 is 55.3 Å². The molecular weight excluding hydrogens is 488 g/mol. The number of halogens is 2. The summed E-state index contributed by atoms with van der Waals surface area (Å²) in [4.78, 5) is 39.7. The summed E-state index contributed by atoms with van der Waals surface area (Å²) in [5.74, 6) is 0.309. The molecule has 28 heavy (non-hydrogen) atoms. The van der Waals surface area contributed by atoms with Gasteiger partial charge in [-0.15, -0.1) is 0 Å². The van der Waals surface area contributed by atoms with Crippen molar-refractivity contribution in [2.75, 3.05) is 11.9 Å². The summed E-state index contributed by atoms with van der Waals surface area (Å²) in [6.45, 7) is 0.477. The molecular formula is C21H24Br2N2O3. The third-order valence-electron chi connectivity index (χ3n) is 6.42. The molecule has 2 bridgehead atoms. The molecule has 2 saturated carbocycles. The average Bonchev–Trinajstić information content (AvgIpc) is 3.28. The van der Waals surface area contributed by atoms with E-state index in [1.54, 1.807) is 0 Å². The number of hydrogen-bond donors (Lipinski definition) is 1. The second-order valence-corrected chi connectivity index (χ2v) is 10.2. The third-order valence-corrected chi connectivity index (χ3v) is 9.63. The number of likely N-dealkylation sites (tertiary alicyclic amines) is 1. The van der Waals surface area contributed by atoms with Crippen molar-refractivity contribution in [3.63, 3.8) is 0 Å². The Kier molecular flexibility index (Phi) is 5.93. The first kappa shape index (κ1) is 20.1. The molecule has 3 amide bonds. The number of carbonyl (C=O) groups excluding carboxylic acids is 3. The molecule has 0 unspecified atom stereocenters. The monoisotopic (exact) mass is 510 g/mol. The highest BCUT2D eigenvalue weighted by atomic mass is 79.9. The van der Waals surface area contributed by atoms with Gasteiger partial charge < -0.3 is 5.32 Å². The number of imide groups is 1. The summed E-state index contributed by atoms with van der Waals surface area (Å²) in [5.41, 5.74) is 0.803. The standard InChI is InChI=1S/C21H24Br2N2O3/c22-18-13-11-14(19(18)23)17-16(13)20(27)25(21(17)28)10-6-2-5-9-15(26)24-12-7-3-1-4-8-12/h1,3-4,7-8,13-14,16-19H,2,5-6,9-11H2,(H,24,26)/t13-,14-,16-,17+,18+,19+/m1/s1. The van der Waals surface area contributed by atoms with Gasteiger partial charge in [0, 0.05) is 28.3 Å². The number of para-hydroxylation sites is 1. The Balaban J connectivity index is 1.21. The van der Waals surface area contributed by atoms with E-state index in [1.165, 1.54) is 4.90 Å². The minimum atomic E-state index is -0.132. The zero-order valence-corrected chi connectivity index (χ0v) is 18.7. The Morgan fingerprint density at radius 2 is 1.57 bits per heavy atom. The lowest BCUT2D eigenvalue weighted by atomic mass is 9.81. The highest BCUT2D eigenvalue weighted by Gasteiger charge is 2.66. The Morgan fingerprint density at radius 3 is 2.18 bits per heavy atom. The lowest BCUT2D eigenvalue weighted by Crippen LogP contribution is -2.37. The number of nitrogens with zero attached hydrogens (tertiary/aromatic N) is 1. The van der Waals surface area contributed by atoms with Crippen LogP contribution in [0.2, 0.25) is 0 Å². The van der Waals surface area contributed by atoms with Crippen molar-refractivity contribution < 1.29 is 14.4 Å². The van der Waals surface area contributed by atoms with Crippen LogP contribution in [0.25, 0.3) is 0 Å². The van der Waals surface area contributed by atoms with E-state index in [0.717, 1.165) is 31.4 Å². The number of benzene rings is 1. The van der Waals surface area contributed by atoms with Crippen molar-refractivity contribution in [2.24, 2.45) is 23.7 Å². The fraction of sp³-hybridized carbons (Fsp3) is 0.571. The lowest BCUT2D eigenvalue weighted by Gasteiger charge is -2.28. The van der Waals surface area contributed by atoms with Crippen LogP contribution >= 0.6 is 31.9 Å². The Hall–Kier alpha value is -1.21. The van der Waals surface area contributed by atoms with Gasteiger partial charge in [0.05, 0.1) is 11.8 Å². The number of amides is 3. The van der Waals surface area contributed by atoms with E-state index in [1.807, 2.05) is 30.3 Å². The zero-order chi connectivity index (χ0) is 19.8. The van der Waals surface area contributed by atoms with Gasteiger partial charge in [0.1, 0.15) is 0 Å². The molecule has 3 fully saturated rings. The third kappa shape index (κ3) is 3.56. The second-order valence-electron chi connectivity index (χ2n) is 8.06. The van der Waals surface area contributed by atoms with Crippen LogP contribution in [0, 0.1) is 23.7 Å². The highest BCUT2D eigenvalue weighted by Crippen LogP contribution is 2.60.